The third-order valence-electron chi connectivity index (χ3n) is 5.67. The molecular weight excluding hydrogens is 356 g/mol. The van der Waals surface area contributed by atoms with Crippen LogP contribution in [0.3, 0.4) is 0 Å². The summed E-state index contributed by atoms with van der Waals surface area (Å²) in [5.41, 5.74) is 1.29. The van der Waals surface area contributed by atoms with Crippen molar-refractivity contribution in [2.24, 2.45) is 0 Å². The van der Waals surface area contributed by atoms with Crippen LogP contribution in [-0.2, 0) is 0 Å². The van der Waals surface area contributed by atoms with Crippen LogP contribution in [-0.4, -0.2) is 13.2 Å². The molecule has 0 spiro atoms. The lowest BCUT2D eigenvalue weighted by Crippen LogP contribution is -2.03. The molecule has 0 heterocycles. The highest BCUT2D eigenvalue weighted by Crippen LogP contribution is 2.34. The van der Waals surface area contributed by atoms with Gasteiger partial charge in [0, 0.05) is 0 Å². The Kier molecular flexibility index (Phi) is 11.6. The van der Waals surface area contributed by atoms with Gasteiger partial charge in [-0.25, -0.2) is 0 Å². The Labute approximate surface area is 179 Å². The molecule has 29 heavy (non-hydrogen) atoms. The Morgan fingerprint density at radius 3 is 1.72 bits per heavy atom. The van der Waals surface area contributed by atoms with Gasteiger partial charge in [0.2, 0.25) is 0 Å². The van der Waals surface area contributed by atoms with Crippen LogP contribution in [0, 0.1) is 6.92 Å². The van der Waals surface area contributed by atoms with Gasteiger partial charge in [-0.1, -0.05) is 96.3 Å². The first-order chi connectivity index (χ1) is 14.3. The van der Waals surface area contributed by atoms with Gasteiger partial charge in [-0.05, 0) is 48.2 Å². The molecule has 2 rings (SSSR count). The third kappa shape index (κ3) is 8.68. The SMILES string of the molecule is CCCCCCCCOc1cc2cccc(C)c2cc1OCCCCCCCC. The lowest BCUT2D eigenvalue weighted by Gasteiger charge is -2.15. The second-order valence-corrected chi connectivity index (χ2v) is 8.33. The minimum absolute atomic E-state index is 0.775. The Bertz CT molecular complexity index is 692. The molecule has 0 saturated carbocycles. The first kappa shape index (κ1) is 23.6. The smallest absolute Gasteiger partial charge is 0.161 e. The lowest BCUT2D eigenvalue weighted by molar-refractivity contribution is 0.259. The second kappa shape index (κ2) is 14.3. The summed E-state index contributed by atoms with van der Waals surface area (Å²) in [6.45, 7) is 8.24. The van der Waals surface area contributed by atoms with Crippen LogP contribution in [0.25, 0.3) is 10.8 Å². The molecule has 0 amide bonds. The van der Waals surface area contributed by atoms with E-state index in [0.717, 1.165) is 37.6 Å². The van der Waals surface area contributed by atoms with Crippen LogP contribution in [0.2, 0.25) is 0 Å². The number of unbranched alkanes of at least 4 members (excludes halogenated alkanes) is 10. The van der Waals surface area contributed by atoms with Gasteiger partial charge in [0.1, 0.15) is 0 Å². The minimum Gasteiger partial charge on any atom is -0.490 e. The summed E-state index contributed by atoms with van der Waals surface area (Å²) in [7, 11) is 0. The van der Waals surface area contributed by atoms with Gasteiger partial charge >= 0.3 is 0 Å². The van der Waals surface area contributed by atoms with Crippen molar-refractivity contribution in [1.82, 2.24) is 0 Å². The fraction of sp³-hybridized carbons (Fsp3) is 0.630. The Morgan fingerprint density at radius 1 is 0.621 bits per heavy atom. The molecule has 2 aromatic carbocycles. The molecule has 0 radical (unpaired) electrons. The Morgan fingerprint density at radius 2 is 1.14 bits per heavy atom. The molecule has 0 aliphatic heterocycles. The number of hydrogen-bond acceptors (Lipinski definition) is 2. The largest absolute Gasteiger partial charge is 0.490 e. The summed E-state index contributed by atoms with van der Waals surface area (Å²) in [4.78, 5) is 0. The van der Waals surface area contributed by atoms with Gasteiger partial charge < -0.3 is 9.47 Å². The molecule has 0 fully saturated rings. The van der Waals surface area contributed by atoms with Gasteiger partial charge in [0.15, 0.2) is 11.5 Å². The van der Waals surface area contributed by atoms with E-state index in [0.29, 0.717) is 0 Å². The second-order valence-electron chi connectivity index (χ2n) is 8.33. The number of fused-ring (bicyclic) bond motifs is 1. The topological polar surface area (TPSA) is 18.5 Å². The molecule has 0 unspecified atom stereocenters. The predicted octanol–water partition coefficient (Wildman–Crippen LogP) is 8.63. The molecular formula is C27H42O2. The highest BCUT2D eigenvalue weighted by Gasteiger charge is 2.09. The molecule has 0 aliphatic carbocycles. The molecule has 2 heteroatoms. The maximum absolute atomic E-state index is 6.19. The molecule has 0 aromatic heterocycles. The summed E-state index contributed by atoms with van der Waals surface area (Å²) < 4.78 is 12.4. The normalized spacial score (nSPS) is 11.1. The van der Waals surface area contributed by atoms with Gasteiger partial charge in [-0.3, -0.25) is 0 Å². The first-order valence-corrected chi connectivity index (χ1v) is 12.0. The standard InChI is InChI=1S/C27H42O2/c1-4-6-8-10-12-14-19-28-26-21-24-18-16-17-23(3)25(24)22-27(26)29-20-15-13-11-9-7-5-2/h16-18,21-22H,4-15,19-20H2,1-3H3. The quantitative estimate of drug-likeness (QED) is 0.263. The van der Waals surface area contributed by atoms with E-state index in [-0.39, 0.29) is 0 Å². The van der Waals surface area contributed by atoms with E-state index >= 15 is 0 Å². The first-order valence-electron chi connectivity index (χ1n) is 12.0. The van der Waals surface area contributed by atoms with Gasteiger partial charge in [-0.15, -0.1) is 0 Å². The Balaban J connectivity index is 1.90. The van der Waals surface area contributed by atoms with E-state index in [4.69, 9.17) is 9.47 Å². The summed E-state index contributed by atoms with van der Waals surface area (Å²) in [6, 6.07) is 10.8. The molecule has 0 atom stereocenters. The van der Waals surface area contributed by atoms with Crippen molar-refractivity contribution < 1.29 is 9.47 Å². The molecule has 2 nitrogen and oxygen atoms in total. The third-order valence-corrected chi connectivity index (χ3v) is 5.67. The molecule has 0 N–H and O–H groups in total. The van der Waals surface area contributed by atoms with Gasteiger partial charge in [0.25, 0.3) is 0 Å². The summed E-state index contributed by atoms with van der Waals surface area (Å²) in [5.74, 6) is 1.81. The van der Waals surface area contributed by atoms with Gasteiger partial charge in [0.05, 0.1) is 13.2 Å². The molecule has 0 bridgehead atoms. The summed E-state index contributed by atoms with van der Waals surface area (Å²) in [6.07, 6.45) is 15.3. The zero-order valence-electron chi connectivity index (χ0n) is 19.1. The van der Waals surface area contributed by atoms with E-state index in [9.17, 15) is 0 Å². The van der Waals surface area contributed by atoms with Crippen LogP contribution < -0.4 is 9.47 Å². The minimum atomic E-state index is 0.775. The predicted molar refractivity (Wildman–Crippen MR) is 126 cm³/mol. The van der Waals surface area contributed by atoms with E-state index in [1.54, 1.807) is 0 Å². The molecule has 0 saturated heterocycles. The average molecular weight is 399 g/mol. The fourth-order valence-corrected chi connectivity index (χ4v) is 3.80. The van der Waals surface area contributed by atoms with Crippen molar-refractivity contribution >= 4 is 10.8 Å². The van der Waals surface area contributed by atoms with Crippen molar-refractivity contribution in [3.05, 3.63) is 35.9 Å². The zero-order chi connectivity index (χ0) is 20.7. The van der Waals surface area contributed by atoms with Crippen LogP contribution in [0.5, 0.6) is 11.5 Å². The van der Waals surface area contributed by atoms with E-state index in [2.05, 4.69) is 51.1 Å². The lowest BCUT2D eigenvalue weighted by atomic mass is 10.0. The van der Waals surface area contributed by atoms with Crippen molar-refractivity contribution in [2.45, 2.75) is 97.8 Å². The van der Waals surface area contributed by atoms with Gasteiger partial charge in [-0.2, -0.15) is 0 Å². The van der Waals surface area contributed by atoms with Crippen molar-refractivity contribution in [2.75, 3.05) is 13.2 Å². The highest BCUT2D eigenvalue weighted by molar-refractivity contribution is 5.88. The number of hydrogen-bond donors (Lipinski definition) is 0. The van der Waals surface area contributed by atoms with Crippen molar-refractivity contribution in [3.8, 4) is 11.5 Å². The van der Waals surface area contributed by atoms with E-state index < -0.39 is 0 Å². The maximum atomic E-state index is 6.19. The molecule has 162 valence electrons. The molecule has 2 aromatic rings. The Hall–Kier alpha value is -1.70. The number of aryl methyl sites for hydroxylation is 1. The van der Waals surface area contributed by atoms with Crippen LogP contribution in [0.1, 0.15) is 96.5 Å². The van der Waals surface area contributed by atoms with Crippen LogP contribution in [0.15, 0.2) is 30.3 Å². The number of benzene rings is 2. The van der Waals surface area contributed by atoms with Crippen molar-refractivity contribution in [1.29, 1.82) is 0 Å². The van der Waals surface area contributed by atoms with Crippen LogP contribution >= 0.6 is 0 Å². The summed E-state index contributed by atoms with van der Waals surface area (Å²) >= 11 is 0. The highest BCUT2D eigenvalue weighted by atomic mass is 16.5. The van der Waals surface area contributed by atoms with Crippen LogP contribution in [0.4, 0.5) is 0 Å². The average Bonchev–Trinajstić information content (AvgIpc) is 2.73. The monoisotopic (exact) mass is 398 g/mol. The molecule has 0 aliphatic rings. The number of rotatable bonds is 16. The maximum Gasteiger partial charge on any atom is 0.161 e. The van der Waals surface area contributed by atoms with Crippen molar-refractivity contribution in [3.63, 3.8) is 0 Å². The number of ether oxygens (including phenoxy) is 2. The summed E-state index contributed by atoms with van der Waals surface area (Å²) in [5, 5.41) is 2.49. The van der Waals surface area contributed by atoms with E-state index in [1.165, 1.54) is 80.5 Å². The van der Waals surface area contributed by atoms with E-state index in [1.807, 2.05) is 0 Å². The fourth-order valence-electron chi connectivity index (χ4n) is 3.80. The zero-order valence-corrected chi connectivity index (χ0v) is 19.1.